The summed E-state index contributed by atoms with van der Waals surface area (Å²) in [4.78, 5) is 24.8. The fourth-order valence-corrected chi connectivity index (χ4v) is 3.02. The third-order valence-electron chi connectivity index (χ3n) is 4.51. The van der Waals surface area contributed by atoms with Crippen molar-refractivity contribution in [2.45, 2.75) is 25.8 Å². The van der Waals surface area contributed by atoms with E-state index in [9.17, 15) is 14.9 Å². The highest BCUT2D eigenvalue weighted by Crippen LogP contribution is 2.21. The lowest BCUT2D eigenvalue weighted by Crippen LogP contribution is -2.45. The van der Waals surface area contributed by atoms with E-state index >= 15 is 0 Å². The van der Waals surface area contributed by atoms with Gasteiger partial charge < -0.3 is 10.6 Å². The monoisotopic (exact) mass is 380 g/mol. The maximum Gasteiger partial charge on any atom is 0.276 e. The molecule has 9 nitrogen and oxygen atoms in total. The topological polar surface area (TPSA) is 120 Å². The van der Waals surface area contributed by atoms with Crippen LogP contribution in [0.1, 0.15) is 30.3 Å². The summed E-state index contributed by atoms with van der Waals surface area (Å²) in [6.45, 7) is 3.24. The van der Waals surface area contributed by atoms with Crippen molar-refractivity contribution in [3.8, 4) is 5.69 Å². The number of nitrogens with two attached hydrogens (primary N) is 1. The molecule has 1 aliphatic rings. The van der Waals surface area contributed by atoms with Crippen LogP contribution in [0.15, 0.2) is 30.5 Å². The van der Waals surface area contributed by atoms with Crippen LogP contribution < -0.4 is 5.73 Å². The number of benzene rings is 1. The molecule has 10 heteroatoms. The maximum atomic E-state index is 12.6. The number of nitrogens with zero attached hydrogens (tertiary/aromatic N) is 5. The number of piperidine rings is 1. The summed E-state index contributed by atoms with van der Waals surface area (Å²) in [7, 11) is 0. The van der Waals surface area contributed by atoms with E-state index in [1.165, 1.54) is 23.0 Å². The average molecular weight is 381 g/mol. The predicted molar refractivity (Wildman–Crippen MR) is 97.5 cm³/mol. The van der Waals surface area contributed by atoms with Crippen molar-refractivity contribution >= 4 is 24.0 Å². The molecule has 2 N–H and O–H groups in total. The standard InChI is InChI=1S/C16H20N6O3.ClH/c1-11(17)12-4-3-7-20(9-12)16(23)15-10-21(19-18-15)13-5-2-6-14(8-13)22(24)25;/h2,5-6,8,10-12H,3-4,7,9,17H2,1H3;1H. The first-order valence-corrected chi connectivity index (χ1v) is 8.17. The fourth-order valence-electron chi connectivity index (χ4n) is 3.02. The summed E-state index contributed by atoms with van der Waals surface area (Å²) < 4.78 is 1.37. The molecule has 26 heavy (non-hydrogen) atoms. The molecule has 1 aliphatic heterocycles. The molecule has 1 fully saturated rings. The predicted octanol–water partition coefficient (Wildman–Crippen LogP) is 1.80. The van der Waals surface area contributed by atoms with E-state index in [1.807, 2.05) is 6.92 Å². The van der Waals surface area contributed by atoms with Gasteiger partial charge in [0.2, 0.25) is 0 Å². The van der Waals surface area contributed by atoms with Gasteiger partial charge in [0.05, 0.1) is 16.8 Å². The molecule has 0 bridgehead atoms. The normalized spacial score (nSPS) is 18.1. The van der Waals surface area contributed by atoms with E-state index in [2.05, 4.69) is 10.3 Å². The van der Waals surface area contributed by atoms with Crippen LogP contribution in [0.4, 0.5) is 5.69 Å². The van der Waals surface area contributed by atoms with Gasteiger partial charge in [-0.25, -0.2) is 4.68 Å². The third kappa shape index (κ3) is 4.17. The molecule has 0 aliphatic carbocycles. The molecule has 1 amide bonds. The smallest absolute Gasteiger partial charge is 0.276 e. The summed E-state index contributed by atoms with van der Waals surface area (Å²) in [5.41, 5.74) is 6.62. The van der Waals surface area contributed by atoms with Crippen LogP contribution in [0, 0.1) is 16.0 Å². The molecule has 2 aromatic rings. The minimum atomic E-state index is -0.478. The van der Waals surface area contributed by atoms with E-state index in [0.717, 1.165) is 12.8 Å². The summed E-state index contributed by atoms with van der Waals surface area (Å²) in [5.74, 6) is 0.0894. The molecule has 2 unspecified atom stereocenters. The van der Waals surface area contributed by atoms with Crippen molar-refractivity contribution < 1.29 is 9.72 Å². The van der Waals surface area contributed by atoms with Crippen LogP contribution in [0.2, 0.25) is 0 Å². The van der Waals surface area contributed by atoms with Gasteiger partial charge in [-0.2, -0.15) is 0 Å². The van der Waals surface area contributed by atoms with Crippen molar-refractivity contribution in [3.05, 3.63) is 46.3 Å². The summed E-state index contributed by atoms with van der Waals surface area (Å²) in [6, 6.07) is 6.05. The van der Waals surface area contributed by atoms with Gasteiger partial charge in [0.1, 0.15) is 0 Å². The van der Waals surface area contributed by atoms with E-state index in [4.69, 9.17) is 5.73 Å². The second-order valence-corrected chi connectivity index (χ2v) is 6.34. The Morgan fingerprint density at radius 2 is 2.23 bits per heavy atom. The van der Waals surface area contributed by atoms with Crippen molar-refractivity contribution in [1.82, 2.24) is 19.9 Å². The molecular formula is C16H21ClN6O3. The van der Waals surface area contributed by atoms with Gasteiger partial charge in [0, 0.05) is 31.3 Å². The molecule has 2 heterocycles. The lowest BCUT2D eigenvalue weighted by molar-refractivity contribution is -0.384. The van der Waals surface area contributed by atoms with Crippen molar-refractivity contribution in [3.63, 3.8) is 0 Å². The van der Waals surface area contributed by atoms with E-state index in [0.29, 0.717) is 18.8 Å². The number of hydrogen-bond donors (Lipinski definition) is 1. The summed E-state index contributed by atoms with van der Waals surface area (Å²) in [6.07, 6.45) is 3.43. The van der Waals surface area contributed by atoms with Gasteiger partial charge in [-0.05, 0) is 31.7 Å². The zero-order valence-corrected chi connectivity index (χ0v) is 15.1. The van der Waals surface area contributed by atoms with Gasteiger partial charge in [0.15, 0.2) is 5.69 Å². The quantitative estimate of drug-likeness (QED) is 0.637. The number of rotatable bonds is 4. The Morgan fingerprint density at radius 1 is 1.46 bits per heavy atom. The van der Waals surface area contributed by atoms with Crippen LogP contribution in [0.3, 0.4) is 0 Å². The van der Waals surface area contributed by atoms with Gasteiger partial charge in [0.25, 0.3) is 11.6 Å². The Morgan fingerprint density at radius 3 is 2.92 bits per heavy atom. The van der Waals surface area contributed by atoms with Crippen LogP contribution >= 0.6 is 12.4 Å². The zero-order valence-electron chi connectivity index (χ0n) is 14.3. The van der Waals surface area contributed by atoms with Crippen LogP contribution in [0.5, 0.6) is 0 Å². The van der Waals surface area contributed by atoms with E-state index in [-0.39, 0.29) is 41.7 Å². The summed E-state index contributed by atoms with van der Waals surface area (Å²) in [5, 5.41) is 18.7. The number of aromatic nitrogens is 3. The molecule has 0 spiro atoms. The molecular weight excluding hydrogens is 360 g/mol. The zero-order chi connectivity index (χ0) is 18.0. The molecule has 140 valence electrons. The summed E-state index contributed by atoms with van der Waals surface area (Å²) >= 11 is 0. The minimum Gasteiger partial charge on any atom is -0.337 e. The number of nitro groups is 1. The molecule has 2 atom stereocenters. The Labute approximate surface area is 156 Å². The second kappa shape index (κ2) is 8.24. The van der Waals surface area contributed by atoms with Crippen molar-refractivity contribution in [1.29, 1.82) is 0 Å². The molecule has 0 radical (unpaired) electrons. The van der Waals surface area contributed by atoms with Crippen LogP contribution in [-0.4, -0.2) is 49.9 Å². The van der Waals surface area contributed by atoms with Gasteiger partial charge in [-0.15, -0.1) is 17.5 Å². The van der Waals surface area contributed by atoms with Gasteiger partial charge in [-0.1, -0.05) is 11.3 Å². The lowest BCUT2D eigenvalue weighted by atomic mass is 9.92. The highest BCUT2D eigenvalue weighted by molar-refractivity contribution is 5.92. The second-order valence-electron chi connectivity index (χ2n) is 6.34. The number of nitro benzene ring substituents is 1. The molecule has 0 saturated carbocycles. The number of hydrogen-bond acceptors (Lipinski definition) is 6. The van der Waals surface area contributed by atoms with E-state index in [1.54, 1.807) is 17.0 Å². The first-order chi connectivity index (χ1) is 12.0. The number of likely N-dealkylation sites (tertiary alicyclic amines) is 1. The van der Waals surface area contributed by atoms with Crippen molar-refractivity contribution in [2.75, 3.05) is 13.1 Å². The minimum absolute atomic E-state index is 0. The van der Waals surface area contributed by atoms with Crippen molar-refractivity contribution in [2.24, 2.45) is 11.7 Å². The Bertz CT molecular complexity index is 794. The molecule has 3 rings (SSSR count). The van der Waals surface area contributed by atoms with Gasteiger partial charge >= 0.3 is 0 Å². The van der Waals surface area contributed by atoms with Gasteiger partial charge in [-0.3, -0.25) is 14.9 Å². The number of carbonyl (C=O) groups is 1. The van der Waals surface area contributed by atoms with E-state index < -0.39 is 4.92 Å². The Kier molecular flexibility index (Phi) is 6.27. The van der Waals surface area contributed by atoms with Crippen LogP contribution in [-0.2, 0) is 0 Å². The maximum absolute atomic E-state index is 12.6. The largest absolute Gasteiger partial charge is 0.337 e. The highest BCUT2D eigenvalue weighted by atomic mass is 35.5. The SMILES string of the molecule is CC(N)C1CCCN(C(=O)c2cn(-c3cccc([N+](=O)[O-])c3)nn2)C1.Cl. The fraction of sp³-hybridized carbons (Fsp3) is 0.438. The lowest BCUT2D eigenvalue weighted by Gasteiger charge is -2.34. The molecule has 1 aromatic heterocycles. The first kappa shape index (κ1) is 19.8. The number of amides is 1. The number of non-ortho nitro benzene ring substituents is 1. The van der Waals surface area contributed by atoms with Crippen LogP contribution in [0.25, 0.3) is 5.69 Å². The Balaban J connectivity index is 0.00000243. The number of halogens is 1. The molecule has 1 saturated heterocycles. The molecule has 1 aromatic carbocycles. The average Bonchev–Trinajstić information content (AvgIpc) is 3.11. The Hall–Kier alpha value is -2.52. The third-order valence-corrected chi connectivity index (χ3v) is 4.51. The first-order valence-electron chi connectivity index (χ1n) is 8.17. The number of carbonyl (C=O) groups excluding carboxylic acids is 1. The highest BCUT2D eigenvalue weighted by Gasteiger charge is 2.28.